The van der Waals surface area contributed by atoms with E-state index in [1.54, 1.807) is 24.3 Å². The Kier molecular flexibility index (Phi) is 4.89. The number of hydrogen-bond donors (Lipinski definition) is 0. The van der Waals surface area contributed by atoms with Crippen molar-refractivity contribution in [3.05, 3.63) is 35.4 Å². The molecule has 4 heteroatoms. The minimum Gasteiger partial charge on any atom is -0.469 e. The molecule has 0 N–H and O–H groups in total. The van der Waals surface area contributed by atoms with Gasteiger partial charge in [0, 0.05) is 18.4 Å². The number of nitriles is 1. The minimum atomic E-state index is -0.308. The van der Waals surface area contributed by atoms with Crippen molar-refractivity contribution >= 4 is 11.8 Å². The monoisotopic (exact) mass is 231 g/mol. The summed E-state index contributed by atoms with van der Waals surface area (Å²) in [4.78, 5) is 22.5. The molecule has 4 nitrogen and oxygen atoms in total. The average molecular weight is 231 g/mol. The number of methoxy groups -OCH3 is 1. The maximum absolute atomic E-state index is 11.7. The van der Waals surface area contributed by atoms with Crippen molar-refractivity contribution in [2.75, 3.05) is 7.11 Å². The summed E-state index contributed by atoms with van der Waals surface area (Å²) < 4.78 is 4.48. The highest BCUT2D eigenvalue weighted by Crippen LogP contribution is 2.09. The molecular weight excluding hydrogens is 218 g/mol. The summed E-state index contributed by atoms with van der Waals surface area (Å²) in [7, 11) is 1.32. The van der Waals surface area contributed by atoms with Crippen LogP contribution in [0.5, 0.6) is 0 Å². The van der Waals surface area contributed by atoms with Crippen LogP contribution in [0.25, 0.3) is 0 Å². The zero-order valence-corrected chi connectivity index (χ0v) is 9.60. The molecular formula is C13H13NO3. The molecule has 0 aliphatic carbocycles. The Labute approximate surface area is 99.8 Å². The average Bonchev–Trinajstić information content (AvgIpc) is 2.38. The predicted molar refractivity (Wildman–Crippen MR) is 61.4 cm³/mol. The first-order chi connectivity index (χ1) is 8.17. The molecule has 0 heterocycles. The molecule has 17 heavy (non-hydrogen) atoms. The van der Waals surface area contributed by atoms with Crippen molar-refractivity contribution in [1.82, 2.24) is 0 Å². The van der Waals surface area contributed by atoms with E-state index in [0.29, 0.717) is 24.0 Å². The van der Waals surface area contributed by atoms with Crippen LogP contribution in [0, 0.1) is 11.3 Å². The molecule has 0 amide bonds. The number of benzene rings is 1. The maximum Gasteiger partial charge on any atom is 0.305 e. The lowest BCUT2D eigenvalue weighted by Crippen LogP contribution is -2.03. The Bertz CT molecular complexity index is 443. The second-order valence-corrected chi connectivity index (χ2v) is 3.54. The summed E-state index contributed by atoms with van der Waals surface area (Å²) in [5.41, 5.74) is 1.09. The summed E-state index contributed by atoms with van der Waals surface area (Å²) in [6.07, 6.45) is 1.03. The number of nitrogens with zero attached hydrogens (tertiary/aromatic N) is 1. The SMILES string of the molecule is COC(=O)CCCC(=O)c1ccc(C#N)cc1. The third-order valence-electron chi connectivity index (χ3n) is 2.35. The molecule has 0 aliphatic rings. The van der Waals surface area contributed by atoms with Gasteiger partial charge in [-0.25, -0.2) is 0 Å². The highest BCUT2D eigenvalue weighted by molar-refractivity contribution is 5.96. The van der Waals surface area contributed by atoms with Gasteiger partial charge in [-0.15, -0.1) is 0 Å². The Morgan fingerprint density at radius 3 is 2.41 bits per heavy atom. The molecule has 0 fully saturated rings. The van der Waals surface area contributed by atoms with Gasteiger partial charge in [-0.05, 0) is 18.6 Å². The van der Waals surface area contributed by atoms with Gasteiger partial charge < -0.3 is 4.74 Å². The summed E-state index contributed by atoms with van der Waals surface area (Å²) in [5.74, 6) is -0.337. The lowest BCUT2D eigenvalue weighted by Gasteiger charge is -2.01. The number of ketones is 1. The lowest BCUT2D eigenvalue weighted by molar-refractivity contribution is -0.140. The summed E-state index contributed by atoms with van der Waals surface area (Å²) >= 11 is 0. The van der Waals surface area contributed by atoms with Gasteiger partial charge in [-0.1, -0.05) is 12.1 Å². The summed E-state index contributed by atoms with van der Waals surface area (Å²) in [6.45, 7) is 0. The molecule has 0 saturated carbocycles. The molecule has 0 atom stereocenters. The molecule has 0 radical (unpaired) electrons. The number of Topliss-reactive ketones (excluding diaryl/α,β-unsaturated/α-hetero) is 1. The summed E-state index contributed by atoms with van der Waals surface area (Å²) in [6, 6.07) is 8.44. The normalized spacial score (nSPS) is 9.41. The number of carbonyl (C=O) groups is 2. The lowest BCUT2D eigenvalue weighted by atomic mass is 10.0. The van der Waals surface area contributed by atoms with Crippen molar-refractivity contribution in [3.63, 3.8) is 0 Å². The quantitative estimate of drug-likeness (QED) is 0.574. The Morgan fingerprint density at radius 2 is 1.88 bits per heavy atom. The van der Waals surface area contributed by atoms with E-state index in [1.165, 1.54) is 7.11 Å². The zero-order chi connectivity index (χ0) is 12.7. The molecule has 0 spiro atoms. The van der Waals surface area contributed by atoms with E-state index in [0.717, 1.165) is 0 Å². The third-order valence-corrected chi connectivity index (χ3v) is 2.35. The van der Waals surface area contributed by atoms with Gasteiger partial charge in [0.1, 0.15) is 0 Å². The Balaban J connectivity index is 2.47. The molecule has 1 aromatic rings. The van der Waals surface area contributed by atoms with Gasteiger partial charge in [0.15, 0.2) is 5.78 Å². The number of esters is 1. The van der Waals surface area contributed by atoms with Gasteiger partial charge in [-0.2, -0.15) is 5.26 Å². The van der Waals surface area contributed by atoms with Crippen LogP contribution in [0.4, 0.5) is 0 Å². The first-order valence-electron chi connectivity index (χ1n) is 5.27. The van der Waals surface area contributed by atoms with Crippen molar-refractivity contribution < 1.29 is 14.3 Å². The minimum absolute atomic E-state index is 0.0293. The van der Waals surface area contributed by atoms with Gasteiger partial charge in [0.25, 0.3) is 0 Å². The molecule has 1 aromatic carbocycles. The highest BCUT2D eigenvalue weighted by atomic mass is 16.5. The van der Waals surface area contributed by atoms with E-state index in [1.807, 2.05) is 6.07 Å². The van der Waals surface area contributed by atoms with E-state index in [4.69, 9.17) is 5.26 Å². The van der Waals surface area contributed by atoms with Crippen molar-refractivity contribution in [2.24, 2.45) is 0 Å². The molecule has 0 aliphatic heterocycles. The van der Waals surface area contributed by atoms with E-state index in [-0.39, 0.29) is 18.2 Å². The van der Waals surface area contributed by atoms with Gasteiger partial charge >= 0.3 is 5.97 Å². The molecule has 0 unspecified atom stereocenters. The molecule has 88 valence electrons. The number of ether oxygens (including phenoxy) is 1. The van der Waals surface area contributed by atoms with Crippen molar-refractivity contribution in [2.45, 2.75) is 19.3 Å². The molecule has 0 bridgehead atoms. The van der Waals surface area contributed by atoms with Crippen LogP contribution in [-0.2, 0) is 9.53 Å². The smallest absolute Gasteiger partial charge is 0.305 e. The van der Waals surface area contributed by atoms with Crippen molar-refractivity contribution in [1.29, 1.82) is 5.26 Å². The first-order valence-corrected chi connectivity index (χ1v) is 5.27. The fourth-order valence-corrected chi connectivity index (χ4v) is 1.37. The van der Waals surface area contributed by atoms with Crippen LogP contribution < -0.4 is 0 Å². The van der Waals surface area contributed by atoms with Gasteiger partial charge in [0.05, 0.1) is 18.7 Å². The number of rotatable bonds is 5. The second kappa shape index (κ2) is 6.44. The fraction of sp³-hybridized carbons (Fsp3) is 0.308. The van der Waals surface area contributed by atoms with Crippen LogP contribution in [0.3, 0.4) is 0 Å². The fourth-order valence-electron chi connectivity index (χ4n) is 1.37. The van der Waals surface area contributed by atoms with Gasteiger partial charge in [-0.3, -0.25) is 9.59 Å². The molecule has 0 saturated heterocycles. The largest absolute Gasteiger partial charge is 0.469 e. The molecule has 0 aromatic heterocycles. The molecule has 1 rings (SSSR count). The zero-order valence-electron chi connectivity index (χ0n) is 9.60. The Hall–Kier alpha value is -2.15. The van der Waals surface area contributed by atoms with E-state index < -0.39 is 0 Å². The van der Waals surface area contributed by atoms with Crippen LogP contribution in [0.15, 0.2) is 24.3 Å². The van der Waals surface area contributed by atoms with Crippen LogP contribution in [0.1, 0.15) is 35.2 Å². The Morgan fingerprint density at radius 1 is 1.24 bits per heavy atom. The number of hydrogen-bond acceptors (Lipinski definition) is 4. The van der Waals surface area contributed by atoms with E-state index in [2.05, 4.69) is 4.74 Å². The van der Waals surface area contributed by atoms with Crippen LogP contribution >= 0.6 is 0 Å². The summed E-state index contributed by atoms with van der Waals surface area (Å²) in [5, 5.41) is 8.61. The van der Waals surface area contributed by atoms with Crippen molar-refractivity contribution in [3.8, 4) is 6.07 Å². The predicted octanol–water partition coefficient (Wildman–Crippen LogP) is 2.08. The topological polar surface area (TPSA) is 67.2 Å². The van der Waals surface area contributed by atoms with Crippen LogP contribution in [0.2, 0.25) is 0 Å². The van der Waals surface area contributed by atoms with Crippen LogP contribution in [-0.4, -0.2) is 18.9 Å². The van der Waals surface area contributed by atoms with E-state index >= 15 is 0 Å². The number of carbonyl (C=O) groups excluding carboxylic acids is 2. The first kappa shape index (κ1) is 12.9. The third kappa shape index (κ3) is 4.07. The maximum atomic E-state index is 11.7. The second-order valence-electron chi connectivity index (χ2n) is 3.54. The standard InChI is InChI=1S/C13H13NO3/c1-17-13(16)4-2-3-12(15)11-7-5-10(9-14)6-8-11/h5-8H,2-4H2,1H3. The van der Waals surface area contributed by atoms with E-state index in [9.17, 15) is 9.59 Å². The highest BCUT2D eigenvalue weighted by Gasteiger charge is 2.07. The van der Waals surface area contributed by atoms with Gasteiger partial charge in [0.2, 0.25) is 0 Å².